The molecule has 0 atom stereocenters. The fourth-order valence-electron chi connectivity index (χ4n) is 1.20. The van der Waals surface area contributed by atoms with Crippen molar-refractivity contribution in [3.8, 4) is 0 Å². The fraction of sp³-hybridized carbons (Fsp3) is 0.375. The lowest BCUT2D eigenvalue weighted by Gasteiger charge is -2.14. The summed E-state index contributed by atoms with van der Waals surface area (Å²) in [5.41, 5.74) is 1.94. The Kier molecular flexibility index (Phi) is 1.83. The third-order valence-electron chi connectivity index (χ3n) is 1.83. The van der Waals surface area contributed by atoms with E-state index in [-0.39, 0.29) is 5.82 Å². The van der Waals surface area contributed by atoms with E-state index in [0.717, 1.165) is 24.3 Å². The molecule has 0 unspecified atom stereocenters. The molecule has 2 heterocycles. The van der Waals surface area contributed by atoms with Crippen LogP contribution >= 0.6 is 0 Å². The van der Waals surface area contributed by atoms with Crippen LogP contribution in [0.15, 0.2) is 6.20 Å². The first-order valence-electron chi connectivity index (χ1n) is 3.78. The van der Waals surface area contributed by atoms with Gasteiger partial charge in [-0.15, -0.1) is 0 Å². The van der Waals surface area contributed by atoms with E-state index in [1.165, 1.54) is 0 Å². The normalized spacial score (nSPS) is 15.3. The largest absolute Gasteiger partial charge is 0.375 e. The first kappa shape index (κ1) is 7.36. The Hall–Kier alpha value is -1.29. The summed E-state index contributed by atoms with van der Waals surface area (Å²) in [4.78, 5) is 18.2. The molecule has 62 valence electrons. The monoisotopic (exact) mass is 164 g/mol. The molecule has 0 fully saturated rings. The molecule has 1 aromatic heterocycles. The molecule has 1 aromatic rings. The van der Waals surface area contributed by atoms with Crippen molar-refractivity contribution in [2.24, 2.45) is 0 Å². The molecule has 0 amide bonds. The standard InChI is InChI=1S/C8H8N2O2/c11-4-8-9-3-6-1-2-12-5-7(6)10-8/h3-4H,1-2,5H2. The average Bonchev–Trinajstić information content (AvgIpc) is 2.17. The van der Waals surface area contributed by atoms with E-state index < -0.39 is 0 Å². The van der Waals surface area contributed by atoms with Crippen LogP contribution in [0.3, 0.4) is 0 Å². The lowest BCUT2D eigenvalue weighted by atomic mass is 10.1. The van der Waals surface area contributed by atoms with E-state index >= 15 is 0 Å². The topological polar surface area (TPSA) is 52.1 Å². The van der Waals surface area contributed by atoms with E-state index in [1.54, 1.807) is 6.20 Å². The Bertz CT molecular complexity index is 312. The molecule has 4 heteroatoms. The highest BCUT2D eigenvalue weighted by Crippen LogP contribution is 2.12. The van der Waals surface area contributed by atoms with Gasteiger partial charge in [0, 0.05) is 6.20 Å². The molecule has 0 aromatic carbocycles. The van der Waals surface area contributed by atoms with Crippen molar-refractivity contribution in [2.75, 3.05) is 6.61 Å². The summed E-state index contributed by atoms with van der Waals surface area (Å²) < 4.78 is 5.19. The Morgan fingerprint density at radius 2 is 2.50 bits per heavy atom. The molecule has 1 aliphatic rings. The minimum absolute atomic E-state index is 0.235. The molecule has 0 aliphatic carbocycles. The summed E-state index contributed by atoms with van der Waals surface area (Å²) in [6, 6.07) is 0. The minimum Gasteiger partial charge on any atom is -0.375 e. The van der Waals surface area contributed by atoms with Gasteiger partial charge in [-0.25, -0.2) is 9.97 Å². The molecule has 2 rings (SSSR count). The van der Waals surface area contributed by atoms with Gasteiger partial charge in [-0.05, 0) is 12.0 Å². The van der Waals surface area contributed by atoms with E-state index in [2.05, 4.69) is 9.97 Å². The zero-order valence-corrected chi connectivity index (χ0v) is 6.49. The molecule has 0 saturated carbocycles. The number of rotatable bonds is 1. The summed E-state index contributed by atoms with van der Waals surface area (Å²) >= 11 is 0. The van der Waals surface area contributed by atoms with Crippen LogP contribution in [0, 0.1) is 0 Å². The Morgan fingerprint density at radius 3 is 3.33 bits per heavy atom. The number of carbonyl (C=O) groups excluding carboxylic acids is 1. The number of aldehydes is 1. The van der Waals surface area contributed by atoms with Crippen molar-refractivity contribution in [3.63, 3.8) is 0 Å². The lowest BCUT2D eigenvalue weighted by molar-refractivity contribution is 0.105. The van der Waals surface area contributed by atoms with Gasteiger partial charge in [-0.2, -0.15) is 0 Å². The Labute approximate surface area is 69.6 Å². The highest BCUT2D eigenvalue weighted by atomic mass is 16.5. The number of hydrogen-bond donors (Lipinski definition) is 0. The second kappa shape index (κ2) is 2.98. The van der Waals surface area contributed by atoms with Crippen LogP contribution in [-0.2, 0) is 17.8 Å². The van der Waals surface area contributed by atoms with Crippen LogP contribution in [0.1, 0.15) is 21.9 Å². The van der Waals surface area contributed by atoms with E-state index in [1.807, 2.05) is 0 Å². The Morgan fingerprint density at radius 1 is 1.58 bits per heavy atom. The summed E-state index contributed by atoms with van der Waals surface area (Å²) in [5.74, 6) is 0.235. The van der Waals surface area contributed by atoms with Crippen molar-refractivity contribution >= 4 is 6.29 Å². The van der Waals surface area contributed by atoms with Gasteiger partial charge in [0.25, 0.3) is 0 Å². The van der Waals surface area contributed by atoms with Crippen molar-refractivity contribution in [1.29, 1.82) is 0 Å². The summed E-state index contributed by atoms with van der Waals surface area (Å²) in [6.45, 7) is 1.22. The summed E-state index contributed by atoms with van der Waals surface area (Å²) in [6.07, 6.45) is 3.19. The van der Waals surface area contributed by atoms with Crippen molar-refractivity contribution in [3.05, 3.63) is 23.3 Å². The average molecular weight is 164 g/mol. The van der Waals surface area contributed by atoms with E-state index in [0.29, 0.717) is 12.9 Å². The molecule has 0 radical (unpaired) electrons. The van der Waals surface area contributed by atoms with Crippen molar-refractivity contribution < 1.29 is 9.53 Å². The van der Waals surface area contributed by atoms with E-state index in [9.17, 15) is 4.79 Å². The van der Waals surface area contributed by atoms with Crippen LogP contribution in [-0.4, -0.2) is 22.9 Å². The number of nitrogens with zero attached hydrogens (tertiary/aromatic N) is 2. The van der Waals surface area contributed by atoms with Gasteiger partial charge in [-0.3, -0.25) is 4.79 Å². The van der Waals surface area contributed by atoms with Crippen LogP contribution in [0.2, 0.25) is 0 Å². The van der Waals surface area contributed by atoms with Crippen LogP contribution in [0.5, 0.6) is 0 Å². The predicted octanol–water partition coefficient (Wildman–Crippen LogP) is 0.362. The maximum Gasteiger partial charge on any atom is 0.192 e. The van der Waals surface area contributed by atoms with Gasteiger partial charge in [0.15, 0.2) is 12.1 Å². The number of aromatic nitrogens is 2. The molecule has 0 bridgehead atoms. The van der Waals surface area contributed by atoms with Gasteiger partial charge < -0.3 is 4.74 Å². The molecular formula is C8H8N2O2. The number of fused-ring (bicyclic) bond motifs is 1. The smallest absolute Gasteiger partial charge is 0.192 e. The fourth-order valence-corrected chi connectivity index (χ4v) is 1.20. The predicted molar refractivity (Wildman–Crippen MR) is 40.8 cm³/mol. The lowest BCUT2D eigenvalue weighted by Crippen LogP contribution is -2.13. The van der Waals surface area contributed by atoms with E-state index in [4.69, 9.17) is 4.74 Å². The van der Waals surface area contributed by atoms with Gasteiger partial charge in [0.05, 0.1) is 18.9 Å². The zero-order chi connectivity index (χ0) is 8.39. The number of ether oxygens (including phenoxy) is 1. The van der Waals surface area contributed by atoms with Crippen LogP contribution < -0.4 is 0 Å². The van der Waals surface area contributed by atoms with Gasteiger partial charge in [0.2, 0.25) is 0 Å². The maximum absolute atomic E-state index is 10.3. The van der Waals surface area contributed by atoms with Crippen LogP contribution in [0.4, 0.5) is 0 Å². The van der Waals surface area contributed by atoms with Gasteiger partial charge in [-0.1, -0.05) is 0 Å². The molecule has 12 heavy (non-hydrogen) atoms. The third kappa shape index (κ3) is 1.21. The SMILES string of the molecule is O=Cc1ncc2c(n1)COCC2. The highest BCUT2D eigenvalue weighted by Gasteiger charge is 2.11. The quantitative estimate of drug-likeness (QED) is 0.562. The highest BCUT2D eigenvalue weighted by molar-refractivity contribution is 5.68. The molecule has 0 saturated heterocycles. The Balaban J connectivity index is 2.42. The number of carbonyl (C=O) groups is 1. The molecule has 4 nitrogen and oxygen atoms in total. The molecule has 1 aliphatic heterocycles. The first-order chi connectivity index (χ1) is 5.90. The molecule has 0 N–H and O–H groups in total. The second-order valence-electron chi connectivity index (χ2n) is 2.62. The number of hydrogen-bond acceptors (Lipinski definition) is 4. The van der Waals surface area contributed by atoms with Crippen molar-refractivity contribution in [1.82, 2.24) is 9.97 Å². The maximum atomic E-state index is 10.3. The van der Waals surface area contributed by atoms with Crippen molar-refractivity contribution in [2.45, 2.75) is 13.0 Å². The minimum atomic E-state index is 0.235. The summed E-state index contributed by atoms with van der Waals surface area (Å²) in [7, 11) is 0. The zero-order valence-electron chi connectivity index (χ0n) is 6.49. The molecular weight excluding hydrogens is 156 g/mol. The summed E-state index contributed by atoms with van der Waals surface area (Å²) in [5, 5.41) is 0. The first-order valence-corrected chi connectivity index (χ1v) is 3.78. The molecule has 0 spiro atoms. The van der Waals surface area contributed by atoms with Crippen LogP contribution in [0.25, 0.3) is 0 Å². The van der Waals surface area contributed by atoms with Gasteiger partial charge in [0.1, 0.15) is 0 Å². The van der Waals surface area contributed by atoms with Gasteiger partial charge >= 0.3 is 0 Å². The third-order valence-corrected chi connectivity index (χ3v) is 1.83. The second-order valence-corrected chi connectivity index (χ2v) is 2.62.